The highest BCUT2D eigenvalue weighted by Gasteiger charge is 2.18. The van der Waals surface area contributed by atoms with Crippen molar-refractivity contribution >= 4 is 28.4 Å². The fourth-order valence-electron chi connectivity index (χ4n) is 3.07. The number of H-pyrrole nitrogens is 1. The van der Waals surface area contributed by atoms with Gasteiger partial charge in [-0.05, 0) is 53.9 Å². The molecule has 1 unspecified atom stereocenters. The van der Waals surface area contributed by atoms with E-state index in [0.29, 0.717) is 22.2 Å². The number of carbonyl (C=O) groups excluding carboxylic acids is 1. The molecular formula is C20H18ClF3N2O2. The molecule has 0 aliphatic rings. The van der Waals surface area contributed by atoms with E-state index in [1.54, 1.807) is 18.2 Å². The summed E-state index contributed by atoms with van der Waals surface area (Å²) >= 11 is 5.99. The predicted octanol–water partition coefficient (Wildman–Crippen LogP) is 4.15. The Labute approximate surface area is 164 Å². The average Bonchev–Trinajstić information content (AvgIpc) is 3.03. The summed E-state index contributed by atoms with van der Waals surface area (Å²) in [6, 6.07) is 7.48. The van der Waals surface area contributed by atoms with Crippen LogP contribution >= 0.6 is 11.6 Å². The number of hydrogen-bond acceptors (Lipinski definition) is 2. The van der Waals surface area contributed by atoms with Crippen LogP contribution in [0.2, 0.25) is 5.02 Å². The molecule has 3 rings (SSSR count). The van der Waals surface area contributed by atoms with Crippen LogP contribution < -0.4 is 5.32 Å². The van der Waals surface area contributed by atoms with E-state index < -0.39 is 36.9 Å². The summed E-state index contributed by atoms with van der Waals surface area (Å²) in [7, 11) is 0. The minimum Gasteiger partial charge on any atom is -0.394 e. The number of alkyl halides is 1. The van der Waals surface area contributed by atoms with Crippen LogP contribution in [-0.4, -0.2) is 35.3 Å². The van der Waals surface area contributed by atoms with Gasteiger partial charge in [0, 0.05) is 22.5 Å². The van der Waals surface area contributed by atoms with Crippen molar-refractivity contribution in [2.75, 3.05) is 13.3 Å². The Kier molecular flexibility index (Phi) is 6.26. The highest BCUT2D eigenvalue weighted by molar-refractivity contribution is 6.31. The number of aliphatic hydroxyl groups is 1. The molecule has 1 aromatic heterocycles. The van der Waals surface area contributed by atoms with Crippen molar-refractivity contribution in [3.8, 4) is 11.3 Å². The van der Waals surface area contributed by atoms with Crippen LogP contribution in [-0.2, 0) is 11.2 Å². The van der Waals surface area contributed by atoms with Crippen LogP contribution in [0.25, 0.3) is 22.2 Å². The Hall–Kier alpha value is -2.51. The van der Waals surface area contributed by atoms with Gasteiger partial charge in [-0.15, -0.1) is 0 Å². The van der Waals surface area contributed by atoms with Gasteiger partial charge in [0.15, 0.2) is 0 Å². The van der Waals surface area contributed by atoms with Gasteiger partial charge in [-0.3, -0.25) is 4.79 Å². The van der Waals surface area contributed by atoms with Crippen molar-refractivity contribution in [1.82, 2.24) is 10.3 Å². The molecule has 0 saturated carbocycles. The molecule has 0 saturated heterocycles. The SMILES string of the molecule is O=C(CCc1c(-c2ccc(F)cc2)[nH]c2c(F)cc(Cl)cc12)NC(CO)CF. The van der Waals surface area contributed by atoms with Crippen molar-refractivity contribution in [3.63, 3.8) is 0 Å². The molecule has 0 spiro atoms. The average molecular weight is 411 g/mol. The van der Waals surface area contributed by atoms with Crippen LogP contribution in [0.5, 0.6) is 0 Å². The maximum atomic E-state index is 14.4. The van der Waals surface area contributed by atoms with Gasteiger partial charge in [0.05, 0.1) is 18.2 Å². The maximum absolute atomic E-state index is 14.4. The zero-order valence-electron chi connectivity index (χ0n) is 14.7. The fourth-order valence-corrected chi connectivity index (χ4v) is 3.27. The molecule has 3 aromatic rings. The molecule has 0 bridgehead atoms. The zero-order chi connectivity index (χ0) is 20.3. The summed E-state index contributed by atoms with van der Waals surface area (Å²) in [5.74, 6) is -1.39. The summed E-state index contributed by atoms with van der Waals surface area (Å²) in [4.78, 5) is 15.1. The third-order valence-corrected chi connectivity index (χ3v) is 4.66. The number of aliphatic hydroxyl groups excluding tert-OH is 1. The first-order valence-electron chi connectivity index (χ1n) is 8.64. The van der Waals surface area contributed by atoms with Gasteiger partial charge in [-0.25, -0.2) is 13.2 Å². The van der Waals surface area contributed by atoms with Gasteiger partial charge >= 0.3 is 0 Å². The summed E-state index contributed by atoms with van der Waals surface area (Å²) in [5.41, 5.74) is 2.05. The Bertz CT molecular complexity index is 985. The van der Waals surface area contributed by atoms with Crippen LogP contribution in [0.3, 0.4) is 0 Å². The smallest absolute Gasteiger partial charge is 0.220 e. The van der Waals surface area contributed by atoms with Gasteiger partial charge in [-0.2, -0.15) is 0 Å². The molecule has 4 nitrogen and oxygen atoms in total. The lowest BCUT2D eigenvalue weighted by molar-refractivity contribution is -0.122. The largest absolute Gasteiger partial charge is 0.394 e. The number of hydrogen-bond donors (Lipinski definition) is 3. The van der Waals surface area contributed by atoms with E-state index in [1.807, 2.05) is 0 Å². The zero-order valence-corrected chi connectivity index (χ0v) is 15.5. The molecule has 0 aliphatic carbocycles. The number of nitrogens with one attached hydrogen (secondary N) is 2. The van der Waals surface area contributed by atoms with E-state index in [0.717, 1.165) is 0 Å². The number of halogens is 4. The molecule has 8 heteroatoms. The van der Waals surface area contributed by atoms with Crippen molar-refractivity contribution < 1.29 is 23.1 Å². The standard InChI is InChI=1S/C20H18ClF3N2O2/c21-12-7-16-15(5-6-18(28)25-14(9-22)10-27)19(26-20(16)17(24)8-12)11-1-3-13(23)4-2-11/h1-4,7-8,14,26-27H,5-6,9-10H2,(H,25,28). The third kappa shape index (κ3) is 4.31. The minimum absolute atomic E-state index is 0.00815. The van der Waals surface area contributed by atoms with E-state index in [1.165, 1.54) is 18.2 Å². The van der Waals surface area contributed by atoms with Crippen molar-refractivity contribution in [3.05, 3.63) is 58.6 Å². The Morgan fingerprint density at radius 1 is 1.21 bits per heavy atom. The lowest BCUT2D eigenvalue weighted by Crippen LogP contribution is -2.39. The Balaban J connectivity index is 1.97. The molecule has 3 N–H and O–H groups in total. The first-order valence-corrected chi connectivity index (χ1v) is 9.02. The topological polar surface area (TPSA) is 65.1 Å². The summed E-state index contributed by atoms with van der Waals surface area (Å²) in [5, 5.41) is 12.1. The number of aryl methyl sites for hydroxylation is 1. The molecular weight excluding hydrogens is 393 g/mol. The van der Waals surface area contributed by atoms with E-state index in [-0.39, 0.29) is 23.4 Å². The van der Waals surface area contributed by atoms with E-state index in [2.05, 4.69) is 10.3 Å². The second kappa shape index (κ2) is 8.67. The van der Waals surface area contributed by atoms with Crippen molar-refractivity contribution in [2.45, 2.75) is 18.9 Å². The van der Waals surface area contributed by atoms with Gasteiger partial charge < -0.3 is 15.4 Å². The molecule has 2 aromatic carbocycles. The predicted molar refractivity (Wildman–Crippen MR) is 102 cm³/mol. The minimum atomic E-state index is -0.959. The number of fused-ring (bicyclic) bond motifs is 1. The van der Waals surface area contributed by atoms with Crippen LogP contribution in [0.1, 0.15) is 12.0 Å². The molecule has 28 heavy (non-hydrogen) atoms. The first-order chi connectivity index (χ1) is 13.4. The second-order valence-corrected chi connectivity index (χ2v) is 6.83. The Morgan fingerprint density at radius 2 is 1.93 bits per heavy atom. The molecule has 0 radical (unpaired) electrons. The summed E-state index contributed by atoms with van der Waals surface area (Å²) in [6.07, 6.45) is 0.203. The van der Waals surface area contributed by atoms with E-state index >= 15 is 0 Å². The Morgan fingerprint density at radius 3 is 2.57 bits per heavy atom. The maximum Gasteiger partial charge on any atom is 0.220 e. The number of rotatable bonds is 7. The van der Waals surface area contributed by atoms with Gasteiger partial charge in [-0.1, -0.05) is 11.6 Å². The monoisotopic (exact) mass is 410 g/mol. The van der Waals surface area contributed by atoms with Gasteiger partial charge in [0.25, 0.3) is 0 Å². The third-order valence-electron chi connectivity index (χ3n) is 4.44. The summed E-state index contributed by atoms with van der Waals surface area (Å²) < 4.78 is 40.3. The molecule has 148 valence electrons. The lowest BCUT2D eigenvalue weighted by atomic mass is 10.0. The highest BCUT2D eigenvalue weighted by Crippen LogP contribution is 2.34. The first kappa shape index (κ1) is 20.2. The molecule has 1 amide bonds. The van der Waals surface area contributed by atoms with Gasteiger partial charge in [0.1, 0.15) is 18.3 Å². The number of amides is 1. The number of aromatic amines is 1. The van der Waals surface area contributed by atoms with Crippen LogP contribution in [0.15, 0.2) is 36.4 Å². The highest BCUT2D eigenvalue weighted by atomic mass is 35.5. The van der Waals surface area contributed by atoms with Crippen molar-refractivity contribution in [2.24, 2.45) is 0 Å². The van der Waals surface area contributed by atoms with Crippen LogP contribution in [0, 0.1) is 11.6 Å². The number of benzene rings is 2. The molecule has 0 fully saturated rings. The van der Waals surface area contributed by atoms with Crippen LogP contribution in [0.4, 0.5) is 13.2 Å². The van der Waals surface area contributed by atoms with E-state index in [9.17, 15) is 18.0 Å². The molecule has 1 heterocycles. The summed E-state index contributed by atoms with van der Waals surface area (Å²) in [6.45, 7) is -1.38. The molecule has 1 atom stereocenters. The lowest BCUT2D eigenvalue weighted by Gasteiger charge is -2.12. The van der Waals surface area contributed by atoms with Gasteiger partial charge in [0.2, 0.25) is 5.91 Å². The molecule has 0 aliphatic heterocycles. The number of carbonyl (C=O) groups is 1. The second-order valence-electron chi connectivity index (χ2n) is 6.40. The fraction of sp³-hybridized carbons (Fsp3) is 0.250. The normalized spacial score (nSPS) is 12.3. The number of aromatic nitrogens is 1. The van der Waals surface area contributed by atoms with E-state index in [4.69, 9.17) is 16.7 Å². The quantitative estimate of drug-likeness (QED) is 0.548. The van der Waals surface area contributed by atoms with Crippen molar-refractivity contribution in [1.29, 1.82) is 0 Å².